The fourth-order valence-electron chi connectivity index (χ4n) is 0.509. The molecule has 0 rings (SSSR count). The van der Waals surface area contributed by atoms with Crippen LogP contribution in [0.3, 0.4) is 0 Å². The molecule has 0 heterocycles. The molecule has 0 atom stereocenters. The molecule has 0 amide bonds. The third-order valence-corrected chi connectivity index (χ3v) is 1.40. The van der Waals surface area contributed by atoms with Crippen molar-refractivity contribution in [3.8, 4) is 0 Å². The van der Waals surface area contributed by atoms with Crippen LogP contribution in [0.2, 0.25) is 0 Å². The number of aliphatic imine (C=N–C) groups is 1. The van der Waals surface area contributed by atoms with E-state index in [1.807, 2.05) is 13.8 Å². The van der Waals surface area contributed by atoms with Crippen LogP contribution in [0.4, 0.5) is 0 Å². The Morgan fingerprint density at radius 3 is 2.17 bits per heavy atom. The van der Waals surface area contributed by atoms with E-state index in [1.165, 1.54) is 0 Å². The summed E-state index contributed by atoms with van der Waals surface area (Å²) < 4.78 is 0. The normalized spacial score (nSPS) is 15.1. The van der Waals surface area contributed by atoms with Crippen LogP contribution in [0.1, 0.15) is 27.7 Å². The van der Waals surface area contributed by atoms with Crippen LogP contribution in [-0.2, 0) is 0 Å². The summed E-state index contributed by atoms with van der Waals surface area (Å²) >= 11 is 0. The first-order valence-corrected chi connectivity index (χ1v) is 3.86. The summed E-state index contributed by atoms with van der Waals surface area (Å²) in [5, 5.41) is 11.4. The van der Waals surface area contributed by atoms with Crippen LogP contribution in [0.5, 0.6) is 0 Å². The third-order valence-electron chi connectivity index (χ3n) is 1.40. The van der Waals surface area contributed by atoms with Gasteiger partial charge >= 0.3 is 0 Å². The topological polar surface area (TPSA) is 71.0 Å². The second-order valence-corrected chi connectivity index (χ2v) is 3.58. The van der Waals surface area contributed by atoms with E-state index < -0.39 is 0 Å². The van der Waals surface area contributed by atoms with Crippen LogP contribution in [0.25, 0.3) is 0 Å². The molecule has 0 bridgehead atoms. The monoisotopic (exact) mass is 171 g/mol. The van der Waals surface area contributed by atoms with Gasteiger partial charge in [0.1, 0.15) is 0 Å². The van der Waals surface area contributed by atoms with E-state index in [-0.39, 0.29) is 5.54 Å². The first-order valence-electron chi connectivity index (χ1n) is 3.86. The van der Waals surface area contributed by atoms with Crippen LogP contribution in [0, 0.1) is 0 Å². The first-order chi connectivity index (χ1) is 5.37. The fourth-order valence-corrected chi connectivity index (χ4v) is 0.509. The molecule has 0 saturated heterocycles. The number of nitrogens with zero attached hydrogens (tertiary/aromatic N) is 2. The molecule has 0 aliphatic rings. The third kappa shape index (κ3) is 4.85. The molecule has 70 valence electrons. The van der Waals surface area contributed by atoms with E-state index in [9.17, 15) is 0 Å². The predicted octanol–water partition coefficient (Wildman–Crippen LogP) is 1.03. The summed E-state index contributed by atoms with van der Waals surface area (Å²) in [7, 11) is 0. The van der Waals surface area contributed by atoms with Gasteiger partial charge in [0, 0.05) is 5.54 Å². The lowest BCUT2D eigenvalue weighted by atomic mass is 10.1. The SMILES string of the molecule is CC(=NCC(C)(C)N)/C(C)=N/O. The molecule has 0 aromatic heterocycles. The molecule has 0 radical (unpaired) electrons. The Balaban J connectivity index is 4.20. The zero-order valence-corrected chi connectivity index (χ0v) is 8.13. The molecule has 0 saturated carbocycles. The molecule has 0 spiro atoms. The maximum atomic E-state index is 8.41. The molecule has 0 aromatic rings. The number of oxime groups is 1. The highest BCUT2D eigenvalue weighted by molar-refractivity contribution is 6.40. The van der Waals surface area contributed by atoms with E-state index in [2.05, 4.69) is 10.1 Å². The van der Waals surface area contributed by atoms with Gasteiger partial charge < -0.3 is 10.9 Å². The van der Waals surface area contributed by atoms with Gasteiger partial charge in [-0.2, -0.15) is 0 Å². The number of hydrogen-bond donors (Lipinski definition) is 2. The number of hydrogen-bond acceptors (Lipinski definition) is 4. The summed E-state index contributed by atoms with van der Waals surface area (Å²) in [6, 6.07) is 0. The van der Waals surface area contributed by atoms with Crippen molar-refractivity contribution in [3.05, 3.63) is 0 Å². The fraction of sp³-hybridized carbons (Fsp3) is 0.750. The Morgan fingerprint density at radius 1 is 1.33 bits per heavy atom. The lowest BCUT2D eigenvalue weighted by Crippen LogP contribution is -2.35. The molecule has 12 heavy (non-hydrogen) atoms. The first kappa shape index (κ1) is 11.1. The second kappa shape index (κ2) is 4.21. The van der Waals surface area contributed by atoms with Gasteiger partial charge in [-0.3, -0.25) is 4.99 Å². The molecular weight excluding hydrogens is 154 g/mol. The molecule has 0 fully saturated rings. The summed E-state index contributed by atoms with van der Waals surface area (Å²) in [5.41, 5.74) is 6.65. The van der Waals surface area contributed by atoms with Gasteiger partial charge in [-0.05, 0) is 27.7 Å². The standard InChI is InChI=1S/C8H17N3O/c1-6(7(2)11-12)10-5-8(3,4)9/h12H,5,9H2,1-4H3/b10-6?,11-7+. The molecule has 3 N–H and O–H groups in total. The van der Waals surface area contributed by atoms with Gasteiger partial charge in [0.15, 0.2) is 0 Å². The van der Waals surface area contributed by atoms with Gasteiger partial charge in [-0.15, -0.1) is 0 Å². The van der Waals surface area contributed by atoms with Crippen molar-refractivity contribution in [1.29, 1.82) is 0 Å². The average Bonchev–Trinajstić information content (AvgIpc) is 1.97. The van der Waals surface area contributed by atoms with Crippen molar-refractivity contribution in [3.63, 3.8) is 0 Å². The molecule has 0 aliphatic heterocycles. The van der Waals surface area contributed by atoms with Crippen molar-refractivity contribution in [1.82, 2.24) is 0 Å². The van der Waals surface area contributed by atoms with Crippen LogP contribution < -0.4 is 5.73 Å². The maximum absolute atomic E-state index is 8.41. The Labute approximate surface area is 73.2 Å². The van der Waals surface area contributed by atoms with E-state index in [0.29, 0.717) is 12.3 Å². The van der Waals surface area contributed by atoms with Gasteiger partial charge in [0.05, 0.1) is 18.0 Å². The quantitative estimate of drug-likeness (QED) is 0.378. The summed E-state index contributed by atoms with van der Waals surface area (Å²) in [4.78, 5) is 4.17. The molecular formula is C8H17N3O. The lowest BCUT2D eigenvalue weighted by molar-refractivity contribution is 0.320. The Bertz CT molecular complexity index is 201. The number of nitrogens with two attached hydrogens (primary N) is 1. The molecule has 0 unspecified atom stereocenters. The highest BCUT2D eigenvalue weighted by Gasteiger charge is 2.09. The number of rotatable bonds is 3. The molecule has 4 nitrogen and oxygen atoms in total. The highest BCUT2D eigenvalue weighted by atomic mass is 16.4. The van der Waals surface area contributed by atoms with Gasteiger partial charge in [-0.25, -0.2) is 0 Å². The van der Waals surface area contributed by atoms with Crippen LogP contribution in [-0.4, -0.2) is 28.7 Å². The van der Waals surface area contributed by atoms with Gasteiger partial charge in [0.25, 0.3) is 0 Å². The predicted molar refractivity (Wildman–Crippen MR) is 51.1 cm³/mol. The summed E-state index contributed by atoms with van der Waals surface area (Å²) in [6.45, 7) is 7.82. The summed E-state index contributed by atoms with van der Waals surface area (Å²) in [5.74, 6) is 0. The Morgan fingerprint density at radius 2 is 1.83 bits per heavy atom. The van der Waals surface area contributed by atoms with Crippen molar-refractivity contribution < 1.29 is 5.21 Å². The van der Waals surface area contributed by atoms with E-state index in [4.69, 9.17) is 10.9 Å². The minimum absolute atomic E-state index is 0.309. The zero-order chi connectivity index (χ0) is 9.78. The van der Waals surface area contributed by atoms with Crippen molar-refractivity contribution >= 4 is 11.4 Å². The lowest BCUT2D eigenvalue weighted by Gasteiger charge is -2.15. The smallest absolute Gasteiger partial charge is 0.0971 e. The Kier molecular flexibility index (Phi) is 3.89. The average molecular weight is 171 g/mol. The Hall–Kier alpha value is -0.900. The molecule has 0 aliphatic carbocycles. The molecule has 4 heteroatoms. The minimum Gasteiger partial charge on any atom is -0.411 e. The van der Waals surface area contributed by atoms with Crippen LogP contribution >= 0.6 is 0 Å². The maximum Gasteiger partial charge on any atom is 0.0971 e. The largest absolute Gasteiger partial charge is 0.411 e. The summed E-state index contributed by atoms with van der Waals surface area (Å²) in [6.07, 6.45) is 0. The van der Waals surface area contributed by atoms with Crippen molar-refractivity contribution in [2.24, 2.45) is 15.9 Å². The van der Waals surface area contributed by atoms with Crippen LogP contribution in [0.15, 0.2) is 10.1 Å². The molecule has 0 aromatic carbocycles. The van der Waals surface area contributed by atoms with E-state index >= 15 is 0 Å². The van der Waals surface area contributed by atoms with E-state index in [0.717, 1.165) is 5.71 Å². The van der Waals surface area contributed by atoms with Crippen molar-refractivity contribution in [2.45, 2.75) is 33.2 Å². The van der Waals surface area contributed by atoms with Gasteiger partial charge in [0.2, 0.25) is 0 Å². The van der Waals surface area contributed by atoms with E-state index in [1.54, 1.807) is 13.8 Å². The minimum atomic E-state index is -0.309. The highest BCUT2D eigenvalue weighted by Crippen LogP contribution is 1.97. The van der Waals surface area contributed by atoms with Gasteiger partial charge in [-0.1, -0.05) is 5.16 Å². The van der Waals surface area contributed by atoms with Crippen molar-refractivity contribution in [2.75, 3.05) is 6.54 Å². The second-order valence-electron chi connectivity index (χ2n) is 3.58. The zero-order valence-electron chi connectivity index (χ0n) is 8.13.